The molecule has 0 unspecified atom stereocenters. The molecule has 3 aromatic rings. The molecule has 0 aliphatic carbocycles. The van der Waals surface area contributed by atoms with Crippen LogP contribution in [0, 0.1) is 13.8 Å². The fourth-order valence-electron chi connectivity index (χ4n) is 2.90. The fourth-order valence-corrected chi connectivity index (χ4v) is 2.90. The van der Waals surface area contributed by atoms with Crippen molar-refractivity contribution in [3.63, 3.8) is 0 Å². The zero-order chi connectivity index (χ0) is 19.2. The fraction of sp³-hybridized carbons (Fsp3) is 0.174. The number of hydrogen-bond acceptors (Lipinski definition) is 3. The number of rotatable bonds is 7. The molecular formula is C23H22O4. The van der Waals surface area contributed by atoms with Crippen molar-refractivity contribution in [1.82, 2.24) is 0 Å². The highest BCUT2D eigenvalue weighted by molar-refractivity contribution is 5.91. The molecule has 3 rings (SSSR count). The molecule has 1 N–H and O–H groups in total. The number of hydrogen-bond donors (Lipinski definition) is 1. The number of benzene rings is 3. The lowest BCUT2D eigenvalue weighted by Gasteiger charge is -2.14. The summed E-state index contributed by atoms with van der Waals surface area (Å²) in [5.41, 5.74) is 3.72. The van der Waals surface area contributed by atoms with Crippen molar-refractivity contribution in [2.45, 2.75) is 27.1 Å². The Balaban J connectivity index is 1.71. The van der Waals surface area contributed by atoms with Crippen LogP contribution >= 0.6 is 0 Å². The first kappa shape index (κ1) is 18.5. The summed E-state index contributed by atoms with van der Waals surface area (Å²) < 4.78 is 11.7. The molecule has 0 saturated carbocycles. The van der Waals surface area contributed by atoms with Crippen LogP contribution in [0.4, 0.5) is 0 Å². The molecule has 0 amide bonds. The monoisotopic (exact) mass is 362 g/mol. The zero-order valence-electron chi connectivity index (χ0n) is 15.4. The number of aromatic carboxylic acids is 1. The average Bonchev–Trinajstić information content (AvgIpc) is 2.68. The van der Waals surface area contributed by atoms with Gasteiger partial charge in [-0.25, -0.2) is 4.79 Å². The van der Waals surface area contributed by atoms with Crippen LogP contribution in [0.5, 0.6) is 11.5 Å². The molecule has 0 spiro atoms. The number of carboxylic acids is 1. The summed E-state index contributed by atoms with van der Waals surface area (Å²) in [4.78, 5) is 11.6. The van der Waals surface area contributed by atoms with E-state index in [-0.39, 0.29) is 6.61 Å². The van der Waals surface area contributed by atoms with Crippen LogP contribution in [0.2, 0.25) is 0 Å². The summed E-state index contributed by atoms with van der Waals surface area (Å²) in [5.74, 6) is 0.406. The molecule has 0 fully saturated rings. The van der Waals surface area contributed by atoms with E-state index in [9.17, 15) is 9.90 Å². The van der Waals surface area contributed by atoms with Gasteiger partial charge in [0, 0.05) is 11.6 Å². The second-order valence-electron chi connectivity index (χ2n) is 6.40. The first-order valence-corrected chi connectivity index (χ1v) is 8.76. The Kier molecular flexibility index (Phi) is 5.77. The van der Waals surface area contributed by atoms with E-state index in [2.05, 4.69) is 0 Å². The van der Waals surface area contributed by atoms with E-state index in [0.29, 0.717) is 29.2 Å². The maximum absolute atomic E-state index is 11.6. The minimum atomic E-state index is -0.935. The number of aryl methyl sites for hydroxylation is 2. The van der Waals surface area contributed by atoms with E-state index in [1.807, 2.05) is 73.7 Å². The van der Waals surface area contributed by atoms with Gasteiger partial charge in [-0.05, 0) is 42.7 Å². The lowest BCUT2D eigenvalue weighted by atomic mass is 9.98. The molecule has 0 saturated heterocycles. The van der Waals surface area contributed by atoms with Crippen LogP contribution in [-0.4, -0.2) is 11.1 Å². The van der Waals surface area contributed by atoms with Crippen LogP contribution < -0.4 is 9.47 Å². The van der Waals surface area contributed by atoms with Gasteiger partial charge in [0.05, 0.1) is 5.56 Å². The van der Waals surface area contributed by atoms with Crippen molar-refractivity contribution in [3.8, 4) is 11.5 Å². The normalized spacial score (nSPS) is 10.4. The van der Waals surface area contributed by atoms with Gasteiger partial charge >= 0.3 is 5.97 Å². The highest BCUT2D eigenvalue weighted by Gasteiger charge is 2.16. The second-order valence-corrected chi connectivity index (χ2v) is 6.40. The standard InChI is InChI=1S/C23H22O4/c1-16-11-12-17(2)22(23(24)25)21(16)15-27-20-10-6-9-19(13-20)26-14-18-7-4-3-5-8-18/h3-13H,14-15H2,1-2H3,(H,24,25). The third kappa shape index (κ3) is 4.67. The summed E-state index contributed by atoms with van der Waals surface area (Å²) in [6, 6.07) is 21.0. The SMILES string of the molecule is Cc1ccc(C)c(C(=O)O)c1COc1cccc(OCc2ccccc2)c1. The molecule has 4 nitrogen and oxygen atoms in total. The van der Waals surface area contributed by atoms with Gasteiger partial charge in [0.15, 0.2) is 0 Å². The van der Waals surface area contributed by atoms with Crippen LogP contribution in [0.15, 0.2) is 66.7 Å². The maximum atomic E-state index is 11.6. The van der Waals surface area contributed by atoms with E-state index >= 15 is 0 Å². The van der Waals surface area contributed by atoms with Crippen molar-refractivity contribution in [1.29, 1.82) is 0 Å². The van der Waals surface area contributed by atoms with Crippen LogP contribution in [0.25, 0.3) is 0 Å². The van der Waals surface area contributed by atoms with Crippen LogP contribution in [0.1, 0.15) is 32.6 Å². The Bertz CT molecular complexity index is 932. The molecule has 0 aliphatic rings. The van der Waals surface area contributed by atoms with Crippen LogP contribution in [0.3, 0.4) is 0 Å². The summed E-state index contributed by atoms with van der Waals surface area (Å²) in [7, 11) is 0. The third-order valence-electron chi connectivity index (χ3n) is 4.41. The lowest BCUT2D eigenvalue weighted by Crippen LogP contribution is -2.10. The van der Waals surface area contributed by atoms with Crippen LogP contribution in [-0.2, 0) is 13.2 Å². The summed E-state index contributed by atoms with van der Waals surface area (Å²) in [5, 5.41) is 9.51. The van der Waals surface area contributed by atoms with E-state index in [4.69, 9.17) is 9.47 Å². The molecule has 27 heavy (non-hydrogen) atoms. The van der Waals surface area contributed by atoms with Gasteiger partial charge in [-0.1, -0.05) is 48.5 Å². The third-order valence-corrected chi connectivity index (χ3v) is 4.41. The minimum absolute atomic E-state index is 0.192. The van der Waals surface area contributed by atoms with Crippen molar-refractivity contribution in [2.75, 3.05) is 0 Å². The van der Waals surface area contributed by atoms with Gasteiger partial charge < -0.3 is 14.6 Å². The van der Waals surface area contributed by atoms with Crippen molar-refractivity contribution in [2.24, 2.45) is 0 Å². The van der Waals surface area contributed by atoms with Gasteiger partial charge in [0.2, 0.25) is 0 Å². The maximum Gasteiger partial charge on any atom is 0.336 e. The van der Waals surface area contributed by atoms with Crippen molar-refractivity contribution >= 4 is 5.97 Å². The highest BCUT2D eigenvalue weighted by atomic mass is 16.5. The average molecular weight is 362 g/mol. The zero-order valence-corrected chi connectivity index (χ0v) is 15.4. The predicted octanol–water partition coefficient (Wildman–Crippen LogP) is 5.16. The van der Waals surface area contributed by atoms with Gasteiger partial charge in [-0.3, -0.25) is 0 Å². The van der Waals surface area contributed by atoms with E-state index in [0.717, 1.165) is 16.7 Å². The Morgan fingerprint density at radius 2 is 1.44 bits per heavy atom. The van der Waals surface area contributed by atoms with Gasteiger partial charge in [-0.15, -0.1) is 0 Å². The smallest absolute Gasteiger partial charge is 0.336 e. The molecule has 0 radical (unpaired) electrons. The molecule has 0 aromatic heterocycles. The minimum Gasteiger partial charge on any atom is -0.489 e. The first-order valence-electron chi connectivity index (χ1n) is 8.76. The van der Waals surface area contributed by atoms with E-state index < -0.39 is 5.97 Å². The molecule has 0 bridgehead atoms. The molecule has 0 heterocycles. The van der Waals surface area contributed by atoms with E-state index in [1.165, 1.54) is 0 Å². The molecule has 4 heteroatoms. The summed E-state index contributed by atoms with van der Waals surface area (Å²) in [6.45, 7) is 4.36. The Morgan fingerprint density at radius 1 is 0.815 bits per heavy atom. The summed E-state index contributed by atoms with van der Waals surface area (Å²) in [6.07, 6.45) is 0. The van der Waals surface area contributed by atoms with Crippen molar-refractivity contribution in [3.05, 3.63) is 94.5 Å². The number of carboxylic acid groups (broad SMARTS) is 1. The Morgan fingerprint density at radius 3 is 2.11 bits per heavy atom. The second kappa shape index (κ2) is 8.41. The number of ether oxygens (including phenoxy) is 2. The van der Waals surface area contributed by atoms with Crippen molar-refractivity contribution < 1.29 is 19.4 Å². The Labute approximate surface area is 159 Å². The largest absolute Gasteiger partial charge is 0.489 e. The van der Waals surface area contributed by atoms with Gasteiger partial charge in [-0.2, -0.15) is 0 Å². The highest BCUT2D eigenvalue weighted by Crippen LogP contribution is 2.24. The molecule has 3 aromatic carbocycles. The predicted molar refractivity (Wildman–Crippen MR) is 104 cm³/mol. The quantitative estimate of drug-likeness (QED) is 0.631. The topological polar surface area (TPSA) is 55.8 Å². The summed E-state index contributed by atoms with van der Waals surface area (Å²) >= 11 is 0. The Hall–Kier alpha value is -3.27. The first-order chi connectivity index (χ1) is 13.0. The molecular weight excluding hydrogens is 340 g/mol. The van der Waals surface area contributed by atoms with Gasteiger partial charge in [0.25, 0.3) is 0 Å². The molecule has 138 valence electrons. The molecule has 0 aliphatic heterocycles. The van der Waals surface area contributed by atoms with E-state index in [1.54, 1.807) is 6.92 Å². The number of carbonyl (C=O) groups is 1. The lowest BCUT2D eigenvalue weighted by molar-refractivity contribution is 0.0693. The molecule has 0 atom stereocenters. The van der Waals surface area contributed by atoms with Gasteiger partial charge in [0.1, 0.15) is 24.7 Å².